The van der Waals surface area contributed by atoms with Crippen molar-refractivity contribution >= 4 is 17.7 Å². The molecule has 1 aromatic carbocycles. The van der Waals surface area contributed by atoms with E-state index in [-0.39, 0.29) is 0 Å². The van der Waals surface area contributed by atoms with Gasteiger partial charge in [-0.25, -0.2) is 0 Å². The van der Waals surface area contributed by atoms with Crippen LogP contribution >= 0.6 is 11.8 Å². The summed E-state index contributed by atoms with van der Waals surface area (Å²) < 4.78 is 0. The predicted molar refractivity (Wildman–Crippen MR) is 101 cm³/mol. The zero-order valence-electron chi connectivity index (χ0n) is 14.7. The topological polar surface area (TPSA) is 26.8 Å². The lowest BCUT2D eigenvalue weighted by molar-refractivity contribution is -0.131. The number of nitrogens with zero attached hydrogens (tertiary/aromatic N) is 3. The van der Waals surface area contributed by atoms with Crippen LogP contribution in [0.4, 0.5) is 0 Å². The monoisotopic (exact) mass is 347 g/mol. The molecule has 2 fully saturated rings. The molecule has 0 spiro atoms. The zero-order valence-corrected chi connectivity index (χ0v) is 15.5. The standard InChI is InChI=1S/C19H29N3OS/c1-20-11-12-22(15-18(20)17-7-3-2-4-8-17)19(23)16-24-14-13-21-9-5-6-10-21/h2-4,7-8,18H,5-6,9-16H2,1H3/t18-/m1/s1. The highest BCUT2D eigenvalue weighted by atomic mass is 32.2. The molecular formula is C19H29N3OS. The number of thioether (sulfide) groups is 1. The Labute approximate surface area is 150 Å². The summed E-state index contributed by atoms with van der Waals surface area (Å²) in [5.41, 5.74) is 1.30. The molecule has 0 unspecified atom stereocenters. The molecule has 0 aliphatic carbocycles. The molecule has 132 valence electrons. The molecule has 1 aromatic rings. The Kier molecular flexibility index (Phi) is 6.58. The van der Waals surface area contributed by atoms with E-state index in [1.54, 1.807) is 11.8 Å². The molecule has 1 atom stereocenters. The molecule has 2 aliphatic heterocycles. The summed E-state index contributed by atoms with van der Waals surface area (Å²) in [6.45, 7) is 6.23. The lowest BCUT2D eigenvalue weighted by atomic mass is 10.0. The van der Waals surface area contributed by atoms with Crippen LogP contribution in [0.15, 0.2) is 30.3 Å². The van der Waals surface area contributed by atoms with Crippen molar-refractivity contribution in [3.63, 3.8) is 0 Å². The summed E-state index contributed by atoms with van der Waals surface area (Å²) in [5, 5.41) is 0. The Morgan fingerprint density at radius 3 is 2.62 bits per heavy atom. The van der Waals surface area contributed by atoms with Crippen LogP contribution in [0.5, 0.6) is 0 Å². The van der Waals surface area contributed by atoms with E-state index >= 15 is 0 Å². The largest absolute Gasteiger partial charge is 0.339 e. The molecule has 0 radical (unpaired) electrons. The second-order valence-corrected chi connectivity index (χ2v) is 7.95. The van der Waals surface area contributed by atoms with Crippen molar-refractivity contribution < 1.29 is 4.79 Å². The van der Waals surface area contributed by atoms with Crippen LogP contribution in [-0.2, 0) is 4.79 Å². The van der Waals surface area contributed by atoms with Crippen LogP contribution in [0, 0.1) is 0 Å². The average molecular weight is 348 g/mol. The molecule has 3 rings (SSSR count). The van der Waals surface area contributed by atoms with Gasteiger partial charge in [0, 0.05) is 31.9 Å². The number of rotatable bonds is 6. The van der Waals surface area contributed by atoms with E-state index in [0.717, 1.165) is 31.9 Å². The van der Waals surface area contributed by atoms with E-state index in [1.807, 2.05) is 6.07 Å². The van der Waals surface area contributed by atoms with Crippen molar-refractivity contribution in [3.8, 4) is 0 Å². The number of carbonyl (C=O) groups is 1. The van der Waals surface area contributed by atoms with Crippen molar-refractivity contribution in [2.24, 2.45) is 0 Å². The predicted octanol–water partition coefficient (Wildman–Crippen LogP) is 2.33. The Morgan fingerprint density at radius 1 is 1.12 bits per heavy atom. The summed E-state index contributed by atoms with van der Waals surface area (Å²) >= 11 is 1.79. The maximum Gasteiger partial charge on any atom is 0.232 e. The summed E-state index contributed by atoms with van der Waals surface area (Å²) in [4.78, 5) is 19.5. The number of benzene rings is 1. The first-order chi connectivity index (χ1) is 11.7. The number of likely N-dealkylation sites (N-methyl/N-ethyl adjacent to an activating group) is 1. The SMILES string of the molecule is CN1CCN(C(=O)CSCCN2CCCC2)C[C@@H]1c1ccccc1. The molecule has 1 amide bonds. The van der Waals surface area contributed by atoms with Gasteiger partial charge in [0.2, 0.25) is 5.91 Å². The third-order valence-electron chi connectivity index (χ3n) is 5.16. The maximum absolute atomic E-state index is 12.6. The van der Waals surface area contributed by atoms with Crippen LogP contribution in [-0.4, -0.2) is 78.4 Å². The van der Waals surface area contributed by atoms with Gasteiger partial charge in [-0.1, -0.05) is 30.3 Å². The van der Waals surface area contributed by atoms with Gasteiger partial charge < -0.3 is 9.80 Å². The van der Waals surface area contributed by atoms with Crippen molar-refractivity contribution in [3.05, 3.63) is 35.9 Å². The minimum Gasteiger partial charge on any atom is -0.339 e. The number of piperazine rings is 1. The van der Waals surface area contributed by atoms with Crippen LogP contribution < -0.4 is 0 Å². The minimum atomic E-state index is 0.301. The van der Waals surface area contributed by atoms with Gasteiger partial charge in [0.25, 0.3) is 0 Å². The molecule has 0 aromatic heterocycles. The first-order valence-electron chi connectivity index (χ1n) is 9.07. The normalized spacial score (nSPS) is 22.9. The van der Waals surface area contributed by atoms with Crippen molar-refractivity contribution in [2.45, 2.75) is 18.9 Å². The summed E-state index contributed by atoms with van der Waals surface area (Å²) in [5.74, 6) is 2.00. The van der Waals surface area contributed by atoms with Gasteiger partial charge in [0.15, 0.2) is 0 Å². The molecule has 0 bridgehead atoms. The molecule has 24 heavy (non-hydrogen) atoms. The van der Waals surface area contributed by atoms with E-state index in [9.17, 15) is 4.79 Å². The number of likely N-dealkylation sites (tertiary alicyclic amines) is 1. The molecular weight excluding hydrogens is 318 g/mol. The van der Waals surface area contributed by atoms with Crippen molar-refractivity contribution in [1.82, 2.24) is 14.7 Å². The molecule has 5 heteroatoms. The molecule has 2 saturated heterocycles. The van der Waals surface area contributed by atoms with Gasteiger partial charge in [-0.3, -0.25) is 9.69 Å². The second kappa shape index (κ2) is 8.88. The van der Waals surface area contributed by atoms with Crippen molar-refractivity contribution in [1.29, 1.82) is 0 Å². The fraction of sp³-hybridized carbons (Fsp3) is 0.632. The van der Waals surface area contributed by atoms with Gasteiger partial charge in [-0.05, 0) is 38.5 Å². The Morgan fingerprint density at radius 2 is 1.88 bits per heavy atom. The highest BCUT2D eigenvalue weighted by Gasteiger charge is 2.28. The Bertz CT molecular complexity index is 519. The number of hydrogen-bond donors (Lipinski definition) is 0. The number of hydrogen-bond acceptors (Lipinski definition) is 4. The fourth-order valence-electron chi connectivity index (χ4n) is 3.59. The molecule has 0 saturated carbocycles. The smallest absolute Gasteiger partial charge is 0.232 e. The molecule has 2 aliphatic rings. The average Bonchev–Trinajstić information content (AvgIpc) is 3.13. The van der Waals surface area contributed by atoms with Crippen LogP contribution in [0.3, 0.4) is 0 Å². The molecule has 2 heterocycles. The van der Waals surface area contributed by atoms with Crippen molar-refractivity contribution in [2.75, 3.05) is 57.8 Å². The van der Waals surface area contributed by atoms with Crippen LogP contribution in [0.25, 0.3) is 0 Å². The first kappa shape index (κ1) is 17.8. The Hall–Kier alpha value is -1.04. The summed E-state index contributed by atoms with van der Waals surface area (Å²) in [7, 11) is 2.16. The minimum absolute atomic E-state index is 0.301. The zero-order chi connectivity index (χ0) is 16.8. The second-order valence-electron chi connectivity index (χ2n) is 6.85. The molecule has 0 N–H and O–H groups in total. The van der Waals surface area contributed by atoms with E-state index in [2.05, 4.69) is 46.0 Å². The maximum atomic E-state index is 12.6. The van der Waals surface area contributed by atoms with Crippen LogP contribution in [0.1, 0.15) is 24.4 Å². The molecule has 4 nitrogen and oxygen atoms in total. The van der Waals surface area contributed by atoms with Gasteiger partial charge in [0.05, 0.1) is 11.8 Å². The summed E-state index contributed by atoms with van der Waals surface area (Å²) in [6, 6.07) is 10.9. The first-order valence-corrected chi connectivity index (χ1v) is 10.2. The van der Waals surface area contributed by atoms with Gasteiger partial charge in [0.1, 0.15) is 0 Å². The fourth-order valence-corrected chi connectivity index (χ4v) is 4.47. The lowest BCUT2D eigenvalue weighted by Crippen LogP contribution is -2.49. The third kappa shape index (κ3) is 4.74. The number of amides is 1. The van der Waals surface area contributed by atoms with Gasteiger partial charge in [-0.15, -0.1) is 0 Å². The number of carbonyl (C=O) groups excluding carboxylic acids is 1. The summed E-state index contributed by atoms with van der Waals surface area (Å²) in [6.07, 6.45) is 2.68. The van der Waals surface area contributed by atoms with E-state index in [1.165, 1.54) is 31.5 Å². The Balaban J connectivity index is 1.44. The van der Waals surface area contributed by atoms with E-state index < -0.39 is 0 Å². The van der Waals surface area contributed by atoms with Gasteiger partial charge >= 0.3 is 0 Å². The quantitative estimate of drug-likeness (QED) is 0.738. The van der Waals surface area contributed by atoms with Crippen LogP contribution in [0.2, 0.25) is 0 Å². The third-order valence-corrected chi connectivity index (χ3v) is 6.08. The van der Waals surface area contributed by atoms with E-state index in [0.29, 0.717) is 17.7 Å². The highest BCUT2D eigenvalue weighted by molar-refractivity contribution is 7.99. The highest BCUT2D eigenvalue weighted by Crippen LogP contribution is 2.24. The van der Waals surface area contributed by atoms with Gasteiger partial charge in [-0.2, -0.15) is 11.8 Å². The van der Waals surface area contributed by atoms with E-state index in [4.69, 9.17) is 0 Å². The lowest BCUT2D eigenvalue weighted by Gasteiger charge is -2.39.